The highest BCUT2D eigenvalue weighted by Gasteiger charge is 2.43. The van der Waals surface area contributed by atoms with E-state index in [-0.39, 0.29) is 78.1 Å². The molecule has 0 saturated heterocycles. The third kappa shape index (κ3) is 5.08. The van der Waals surface area contributed by atoms with Crippen LogP contribution >= 0.6 is 0 Å². The van der Waals surface area contributed by atoms with Gasteiger partial charge in [-0.15, -0.1) is 0 Å². The fraction of sp³-hybridized carbons (Fsp3) is 0.290. The van der Waals surface area contributed by atoms with E-state index in [0.717, 1.165) is 0 Å². The highest BCUT2D eigenvalue weighted by molar-refractivity contribution is 6.30. The molecular weight excluding hydrogens is 544 g/mol. The van der Waals surface area contributed by atoms with E-state index in [1.807, 2.05) is 0 Å². The van der Waals surface area contributed by atoms with Crippen LogP contribution in [0.25, 0.3) is 0 Å². The molecule has 0 saturated carbocycles. The SMILES string of the molecule is CC(=O)[C@@]1(O)CCc2c(c(O)c3c(c2COCCCNC(=O)c2ccc([N+](=O)[O-])cc2)C(=O)c2ccccc2C3=O)C1. The minimum atomic E-state index is -1.70. The second-order valence-corrected chi connectivity index (χ2v) is 10.5. The maximum Gasteiger partial charge on any atom is 0.269 e. The molecule has 0 spiro atoms. The van der Waals surface area contributed by atoms with Crippen LogP contribution in [0.1, 0.15) is 78.7 Å². The summed E-state index contributed by atoms with van der Waals surface area (Å²) in [7, 11) is 0. The summed E-state index contributed by atoms with van der Waals surface area (Å²) in [6.07, 6.45) is 0.496. The molecule has 42 heavy (non-hydrogen) atoms. The lowest BCUT2D eigenvalue weighted by molar-refractivity contribution is -0.384. The number of amides is 1. The predicted octanol–water partition coefficient (Wildman–Crippen LogP) is 3.22. The normalized spacial score (nSPS) is 17.2. The van der Waals surface area contributed by atoms with E-state index in [9.17, 15) is 39.5 Å². The summed E-state index contributed by atoms with van der Waals surface area (Å²) < 4.78 is 5.89. The first-order chi connectivity index (χ1) is 20.0. The molecule has 0 heterocycles. The summed E-state index contributed by atoms with van der Waals surface area (Å²) in [5.74, 6) is -2.18. The van der Waals surface area contributed by atoms with E-state index >= 15 is 0 Å². The molecule has 1 amide bonds. The number of aromatic hydroxyl groups is 1. The van der Waals surface area contributed by atoms with E-state index in [2.05, 4.69) is 5.32 Å². The maximum absolute atomic E-state index is 13.6. The molecule has 5 rings (SSSR count). The van der Waals surface area contributed by atoms with Crippen LogP contribution in [0.3, 0.4) is 0 Å². The van der Waals surface area contributed by atoms with Crippen LogP contribution in [-0.4, -0.2) is 57.1 Å². The average Bonchev–Trinajstić information content (AvgIpc) is 2.98. The van der Waals surface area contributed by atoms with Crippen molar-refractivity contribution in [3.05, 3.63) is 103 Å². The molecule has 11 nitrogen and oxygen atoms in total. The first kappa shape index (κ1) is 28.8. The van der Waals surface area contributed by atoms with Crippen LogP contribution in [0.15, 0.2) is 48.5 Å². The zero-order chi connectivity index (χ0) is 30.2. The predicted molar refractivity (Wildman–Crippen MR) is 149 cm³/mol. The lowest BCUT2D eigenvalue weighted by Gasteiger charge is -2.35. The topological polar surface area (TPSA) is 173 Å². The number of ether oxygens (including phenoxy) is 1. The van der Waals surface area contributed by atoms with Gasteiger partial charge in [0.15, 0.2) is 17.3 Å². The van der Waals surface area contributed by atoms with Crippen molar-refractivity contribution >= 4 is 28.9 Å². The zero-order valence-electron chi connectivity index (χ0n) is 22.8. The fourth-order valence-electron chi connectivity index (χ4n) is 5.57. The Labute approximate surface area is 240 Å². The standard InChI is InChI=1S/C31H28N2O9/c1-17(34)31(39)12-11-20-23(15-31)29(37)26-25(27(35)21-5-2-3-6-22(21)28(26)36)24(20)16-42-14-4-13-32-30(38)18-7-9-19(10-8-18)33(40)41/h2-3,5-10,37,39H,4,11-16H2,1H3,(H,32,38)/t31-/m1/s1. The first-order valence-electron chi connectivity index (χ1n) is 13.4. The van der Waals surface area contributed by atoms with Gasteiger partial charge in [0.25, 0.3) is 11.6 Å². The highest BCUT2D eigenvalue weighted by Crippen LogP contribution is 2.44. The van der Waals surface area contributed by atoms with Crippen molar-refractivity contribution in [1.29, 1.82) is 0 Å². The number of carbonyl (C=O) groups excluding carboxylic acids is 4. The van der Waals surface area contributed by atoms with Gasteiger partial charge in [-0.2, -0.15) is 0 Å². The monoisotopic (exact) mass is 572 g/mol. The summed E-state index contributed by atoms with van der Waals surface area (Å²) in [5.41, 5.74) is 0.0276. The van der Waals surface area contributed by atoms with Crippen molar-refractivity contribution in [3.8, 4) is 5.75 Å². The second kappa shape index (κ2) is 11.3. The Kier molecular flexibility index (Phi) is 7.72. The number of nitrogens with one attached hydrogen (secondary N) is 1. The number of Topliss-reactive ketones (excluding diaryl/α,β-unsaturated/α-hetero) is 1. The second-order valence-electron chi connectivity index (χ2n) is 10.5. The molecule has 0 radical (unpaired) electrons. The first-order valence-corrected chi connectivity index (χ1v) is 13.4. The number of ketones is 3. The number of benzene rings is 3. The lowest BCUT2D eigenvalue weighted by Crippen LogP contribution is -2.43. The zero-order valence-corrected chi connectivity index (χ0v) is 22.8. The Morgan fingerprint density at radius 1 is 1.02 bits per heavy atom. The van der Waals surface area contributed by atoms with Crippen LogP contribution in [0.5, 0.6) is 5.75 Å². The van der Waals surface area contributed by atoms with Crippen molar-refractivity contribution < 1.29 is 39.1 Å². The van der Waals surface area contributed by atoms with Crippen molar-refractivity contribution in [2.24, 2.45) is 0 Å². The van der Waals surface area contributed by atoms with E-state index in [1.165, 1.54) is 37.3 Å². The van der Waals surface area contributed by atoms with Crippen LogP contribution in [-0.2, 0) is 29.0 Å². The van der Waals surface area contributed by atoms with E-state index in [4.69, 9.17) is 4.74 Å². The number of nitro benzene ring substituents is 1. The summed E-state index contributed by atoms with van der Waals surface area (Å²) in [6.45, 7) is 1.63. The van der Waals surface area contributed by atoms with Crippen LogP contribution in [0.4, 0.5) is 5.69 Å². The van der Waals surface area contributed by atoms with Gasteiger partial charge in [-0.05, 0) is 49.4 Å². The Balaban J connectivity index is 1.35. The molecular formula is C31H28N2O9. The van der Waals surface area contributed by atoms with Gasteiger partial charge in [-0.25, -0.2) is 0 Å². The number of hydrogen-bond donors (Lipinski definition) is 3. The fourth-order valence-corrected chi connectivity index (χ4v) is 5.57. The molecule has 1 atom stereocenters. The molecule has 2 aliphatic rings. The van der Waals surface area contributed by atoms with Crippen molar-refractivity contribution in [2.75, 3.05) is 13.2 Å². The van der Waals surface area contributed by atoms with Gasteiger partial charge in [0, 0.05) is 59.5 Å². The Morgan fingerprint density at radius 2 is 1.67 bits per heavy atom. The number of fused-ring (bicyclic) bond motifs is 3. The Morgan fingerprint density at radius 3 is 2.29 bits per heavy atom. The van der Waals surface area contributed by atoms with Gasteiger partial charge >= 0.3 is 0 Å². The molecule has 11 heteroatoms. The molecule has 2 aliphatic carbocycles. The quantitative estimate of drug-likeness (QED) is 0.155. The van der Waals surface area contributed by atoms with Crippen LogP contribution in [0, 0.1) is 10.1 Å². The van der Waals surface area contributed by atoms with Crippen LogP contribution < -0.4 is 5.32 Å². The summed E-state index contributed by atoms with van der Waals surface area (Å²) in [4.78, 5) is 61.9. The van der Waals surface area contributed by atoms with Crippen LogP contribution in [0.2, 0.25) is 0 Å². The van der Waals surface area contributed by atoms with Gasteiger partial charge in [0.05, 0.1) is 17.1 Å². The number of phenols is 1. The van der Waals surface area contributed by atoms with E-state index in [0.29, 0.717) is 17.5 Å². The molecule has 216 valence electrons. The summed E-state index contributed by atoms with van der Waals surface area (Å²) in [5, 5.41) is 35.7. The largest absolute Gasteiger partial charge is 0.507 e. The number of nitrogens with zero attached hydrogens (tertiary/aromatic N) is 1. The smallest absolute Gasteiger partial charge is 0.269 e. The number of phenolic OH excluding ortho intramolecular Hbond substituents is 1. The number of hydrogen-bond acceptors (Lipinski definition) is 9. The highest BCUT2D eigenvalue weighted by atomic mass is 16.6. The minimum absolute atomic E-state index is 0.0645. The number of non-ortho nitro benzene ring substituents is 1. The van der Waals surface area contributed by atoms with E-state index in [1.54, 1.807) is 18.2 Å². The number of aliphatic hydroxyl groups is 1. The molecule has 0 aliphatic heterocycles. The average molecular weight is 573 g/mol. The number of nitro groups is 1. The molecule has 3 N–H and O–H groups in total. The van der Waals surface area contributed by atoms with E-state index < -0.39 is 39.5 Å². The molecule has 3 aromatic carbocycles. The molecule has 0 unspecified atom stereocenters. The maximum atomic E-state index is 13.6. The molecule has 3 aromatic rings. The minimum Gasteiger partial charge on any atom is -0.507 e. The van der Waals surface area contributed by atoms with Crippen molar-refractivity contribution in [2.45, 2.75) is 44.8 Å². The Hall–Kier alpha value is -4.74. The summed E-state index contributed by atoms with van der Waals surface area (Å²) >= 11 is 0. The van der Waals surface area contributed by atoms with Crippen molar-refractivity contribution in [3.63, 3.8) is 0 Å². The number of carbonyl (C=O) groups is 4. The van der Waals surface area contributed by atoms with Gasteiger partial charge in [-0.3, -0.25) is 29.3 Å². The lowest BCUT2D eigenvalue weighted by atomic mass is 9.71. The number of rotatable bonds is 9. The molecule has 0 fully saturated rings. The van der Waals surface area contributed by atoms with Gasteiger partial charge in [-0.1, -0.05) is 24.3 Å². The van der Waals surface area contributed by atoms with Gasteiger partial charge in [0.2, 0.25) is 0 Å². The Bertz CT molecular complexity index is 1650. The van der Waals surface area contributed by atoms with Gasteiger partial charge < -0.3 is 20.3 Å². The molecule has 0 bridgehead atoms. The summed E-state index contributed by atoms with van der Waals surface area (Å²) in [6, 6.07) is 11.6. The van der Waals surface area contributed by atoms with Gasteiger partial charge in [0.1, 0.15) is 11.4 Å². The molecule has 0 aromatic heterocycles. The third-order valence-corrected chi connectivity index (χ3v) is 7.92. The third-order valence-electron chi connectivity index (χ3n) is 7.92. The van der Waals surface area contributed by atoms with Crippen molar-refractivity contribution in [1.82, 2.24) is 5.32 Å².